The molecule has 0 bridgehead atoms. The Labute approximate surface area is 168 Å². The molecule has 1 aliphatic rings. The number of carbonyl (C=O) groups excluding carboxylic acids is 1. The van der Waals surface area contributed by atoms with Crippen molar-refractivity contribution in [1.29, 1.82) is 0 Å². The van der Waals surface area contributed by atoms with E-state index in [-0.39, 0.29) is 30.0 Å². The Kier molecular flexibility index (Phi) is 4.97. The topological polar surface area (TPSA) is 132 Å². The molecule has 1 saturated heterocycles. The molecule has 4 rings (SSSR count). The Morgan fingerprint density at radius 3 is 2.93 bits per heavy atom. The fourth-order valence-corrected chi connectivity index (χ4v) is 4.17. The standard InChI is InChI=1S/C21H25N5O3/c1-11-7-24-8-13(19(11)26-9-12(2)20(28)14(22)10-26)6-15(27)17-18-16(29-21(17)23)4-3-5-25-18/h3-5,7-8,12,14,20,28H,6,9-10,22-23H2,1-2H3/t12-,14+,20+/m0/s1. The molecule has 8 nitrogen and oxygen atoms in total. The van der Waals surface area contributed by atoms with Crippen LogP contribution in [0.4, 0.5) is 11.6 Å². The Hall–Kier alpha value is -2.97. The maximum absolute atomic E-state index is 13.1. The van der Waals surface area contributed by atoms with Crippen molar-refractivity contribution in [1.82, 2.24) is 9.97 Å². The van der Waals surface area contributed by atoms with Crippen LogP contribution in [-0.2, 0) is 6.42 Å². The van der Waals surface area contributed by atoms with Crippen LogP contribution in [0.25, 0.3) is 11.1 Å². The Balaban J connectivity index is 1.69. The minimum atomic E-state index is -0.540. The van der Waals surface area contributed by atoms with Gasteiger partial charge in [-0.25, -0.2) is 0 Å². The number of anilines is 2. The summed E-state index contributed by atoms with van der Waals surface area (Å²) >= 11 is 0. The molecule has 4 heterocycles. The number of furan rings is 1. The van der Waals surface area contributed by atoms with Crippen molar-refractivity contribution in [2.75, 3.05) is 23.7 Å². The zero-order chi connectivity index (χ0) is 20.7. The van der Waals surface area contributed by atoms with Gasteiger partial charge in [-0.3, -0.25) is 14.8 Å². The first-order valence-electron chi connectivity index (χ1n) is 9.65. The average molecular weight is 395 g/mol. The molecule has 152 valence electrons. The number of hydrogen-bond donors (Lipinski definition) is 3. The summed E-state index contributed by atoms with van der Waals surface area (Å²) in [6.07, 6.45) is 4.65. The number of rotatable bonds is 4. The van der Waals surface area contributed by atoms with Gasteiger partial charge >= 0.3 is 0 Å². The van der Waals surface area contributed by atoms with E-state index in [1.807, 2.05) is 13.8 Å². The van der Waals surface area contributed by atoms with E-state index in [0.29, 0.717) is 29.8 Å². The summed E-state index contributed by atoms with van der Waals surface area (Å²) < 4.78 is 5.49. The van der Waals surface area contributed by atoms with Gasteiger partial charge in [0.2, 0.25) is 5.88 Å². The van der Waals surface area contributed by atoms with E-state index in [0.717, 1.165) is 16.8 Å². The van der Waals surface area contributed by atoms with E-state index in [1.165, 1.54) is 0 Å². The highest BCUT2D eigenvalue weighted by Gasteiger charge is 2.33. The molecule has 0 spiro atoms. The second-order valence-electron chi connectivity index (χ2n) is 7.79. The summed E-state index contributed by atoms with van der Waals surface area (Å²) in [4.78, 5) is 23.8. The second-order valence-corrected chi connectivity index (χ2v) is 7.79. The first-order chi connectivity index (χ1) is 13.9. The van der Waals surface area contributed by atoms with Crippen LogP contribution < -0.4 is 16.4 Å². The highest BCUT2D eigenvalue weighted by molar-refractivity contribution is 6.10. The number of pyridine rings is 2. The number of aliphatic hydroxyl groups excluding tert-OH is 1. The zero-order valence-corrected chi connectivity index (χ0v) is 16.5. The lowest BCUT2D eigenvalue weighted by molar-refractivity contribution is 0.0784. The highest BCUT2D eigenvalue weighted by Crippen LogP contribution is 2.32. The molecule has 0 unspecified atom stereocenters. The van der Waals surface area contributed by atoms with Crippen molar-refractivity contribution >= 4 is 28.5 Å². The number of aryl methyl sites for hydroxylation is 1. The number of aliphatic hydroxyl groups is 1. The third-order valence-electron chi connectivity index (χ3n) is 5.56. The third-order valence-corrected chi connectivity index (χ3v) is 5.56. The smallest absolute Gasteiger partial charge is 0.204 e. The molecule has 8 heteroatoms. The normalized spacial score (nSPS) is 22.2. The molecule has 5 N–H and O–H groups in total. The molecular formula is C21H25N5O3. The third kappa shape index (κ3) is 3.45. The van der Waals surface area contributed by atoms with Gasteiger partial charge in [-0.15, -0.1) is 0 Å². The molecule has 0 aromatic carbocycles. The Bertz CT molecular complexity index is 1050. The first kappa shape index (κ1) is 19.4. The quantitative estimate of drug-likeness (QED) is 0.569. The van der Waals surface area contributed by atoms with Crippen LogP contribution in [0.2, 0.25) is 0 Å². The van der Waals surface area contributed by atoms with Crippen LogP contribution in [0.15, 0.2) is 35.1 Å². The monoisotopic (exact) mass is 395 g/mol. The van der Waals surface area contributed by atoms with Gasteiger partial charge in [0.25, 0.3) is 0 Å². The summed E-state index contributed by atoms with van der Waals surface area (Å²) in [5.74, 6) is -0.0851. The van der Waals surface area contributed by atoms with E-state index in [4.69, 9.17) is 15.9 Å². The van der Waals surface area contributed by atoms with Crippen LogP contribution in [-0.4, -0.2) is 46.1 Å². The number of nitrogen functional groups attached to an aromatic ring is 1. The number of Topliss-reactive ketones (excluding diaryl/α,β-unsaturated/α-hetero) is 1. The molecule has 0 aliphatic carbocycles. The fraction of sp³-hybridized carbons (Fsp3) is 0.381. The van der Waals surface area contributed by atoms with Crippen LogP contribution >= 0.6 is 0 Å². The first-order valence-corrected chi connectivity index (χ1v) is 9.65. The average Bonchev–Trinajstić information content (AvgIpc) is 3.01. The second kappa shape index (κ2) is 7.46. The van der Waals surface area contributed by atoms with Crippen LogP contribution in [0, 0.1) is 12.8 Å². The van der Waals surface area contributed by atoms with E-state index in [2.05, 4.69) is 14.9 Å². The molecule has 29 heavy (non-hydrogen) atoms. The molecule has 3 aromatic rings. The number of nitrogens with zero attached hydrogens (tertiary/aromatic N) is 3. The zero-order valence-electron chi connectivity index (χ0n) is 16.5. The minimum absolute atomic E-state index is 0.0209. The van der Waals surface area contributed by atoms with E-state index < -0.39 is 6.10 Å². The molecule has 0 amide bonds. The summed E-state index contributed by atoms with van der Waals surface area (Å²) in [6, 6.07) is 3.11. The van der Waals surface area contributed by atoms with Crippen LogP contribution in [0.3, 0.4) is 0 Å². The van der Waals surface area contributed by atoms with Crippen molar-refractivity contribution in [2.45, 2.75) is 32.4 Å². The van der Waals surface area contributed by atoms with Gasteiger partial charge < -0.3 is 25.9 Å². The lowest BCUT2D eigenvalue weighted by Gasteiger charge is -2.41. The summed E-state index contributed by atoms with van der Waals surface area (Å²) in [7, 11) is 0. The predicted octanol–water partition coefficient (Wildman–Crippen LogP) is 1.68. The van der Waals surface area contributed by atoms with Crippen LogP contribution in [0.5, 0.6) is 0 Å². The van der Waals surface area contributed by atoms with Gasteiger partial charge in [-0.05, 0) is 24.6 Å². The van der Waals surface area contributed by atoms with Crippen molar-refractivity contribution in [3.05, 3.63) is 47.4 Å². The fourth-order valence-electron chi connectivity index (χ4n) is 4.17. The van der Waals surface area contributed by atoms with Crippen molar-refractivity contribution in [3.63, 3.8) is 0 Å². The predicted molar refractivity (Wildman–Crippen MR) is 111 cm³/mol. The number of carbonyl (C=O) groups is 1. The van der Waals surface area contributed by atoms with Crippen molar-refractivity contribution < 1.29 is 14.3 Å². The molecule has 1 aliphatic heterocycles. The number of piperidine rings is 1. The highest BCUT2D eigenvalue weighted by atomic mass is 16.3. The van der Waals surface area contributed by atoms with Gasteiger partial charge in [0.1, 0.15) is 11.1 Å². The maximum Gasteiger partial charge on any atom is 0.204 e. The number of aromatic nitrogens is 2. The number of ketones is 1. The molecule has 3 atom stereocenters. The number of nitrogens with two attached hydrogens (primary N) is 2. The molecule has 1 fully saturated rings. The SMILES string of the molecule is Cc1cncc(CC(=O)c2c(N)oc3cccnc23)c1N1C[C@@H](N)[C@H](O)[C@@H](C)C1. The van der Waals surface area contributed by atoms with Crippen molar-refractivity contribution in [3.8, 4) is 0 Å². The van der Waals surface area contributed by atoms with E-state index in [9.17, 15) is 9.90 Å². The molecular weight excluding hydrogens is 370 g/mol. The van der Waals surface area contributed by atoms with Gasteiger partial charge in [0.15, 0.2) is 11.4 Å². The van der Waals surface area contributed by atoms with Crippen molar-refractivity contribution in [2.24, 2.45) is 11.7 Å². The van der Waals surface area contributed by atoms with Gasteiger partial charge in [0, 0.05) is 61.3 Å². The molecule has 0 saturated carbocycles. The van der Waals surface area contributed by atoms with Gasteiger partial charge in [-0.1, -0.05) is 6.92 Å². The van der Waals surface area contributed by atoms with E-state index >= 15 is 0 Å². The maximum atomic E-state index is 13.1. The van der Waals surface area contributed by atoms with Gasteiger partial charge in [-0.2, -0.15) is 0 Å². The molecule has 0 radical (unpaired) electrons. The summed E-state index contributed by atoms with van der Waals surface area (Å²) in [6.45, 7) is 5.10. The lowest BCUT2D eigenvalue weighted by Crippen LogP contribution is -2.56. The minimum Gasteiger partial charge on any atom is -0.438 e. The van der Waals surface area contributed by atoms with Crippen LogP contribution in [0.1, 0.15) is 28.4 Å². The van der Waals surface area contributed by atoms with E-state index in [1.54, 1.807) is 30.7 Å². The Morgan fingerprint density at radius 1 is 1.38 bits per heavy atom. The number of fused-ring (bicyclic) bond motifs is 1. The number of hydrogen-bond acceptors (Lipinski definition) is 8. The molecule has 3 aromatic heterocycles. The lowest BCUT2D eigenvalue weighted by atomic mass is 9.91. The van der Waals surface area contributed by atoms with Gasteiger partial charge in [0.05, 0.1) is 6.10 Å². The summed E-state index contributed by atoms with van der Waals surface area (Å²) in [5.41, 5.74) is 16.0. The largest absolute Gasteiger partial charge is 0.438 e. The Morgan fingerprint density at radius 2 is 2.17 bits per heavy atom. The summed E-state index contributed by atoms with van der Waals surface area (Å²) in [5, 5.41) is 10.2.